The Kier molecular flexibility index (Phi) is 4.23. The number of nitrogens with zero attached hydrogens (tertiary/aromatic N) is 7. The molecule has 0 radical (unpaired) electrons. The molecule has 0 amide bonds. The maximum absolute atomic E-state index is 13.9. The van der Waals surface area contributed by atoms with Crippen LogP contribution in [0.25, 0.3) is 5.69 Å². The molecule has 3 fully saturated rings. The number of anilines is 1. The Morgan fingerprint density at radius 3 is 2.59 bits per heavy atom. The van der Waals surface area contributed by atoms with E-state index in [9.17, 15) is 8.78 Å². The highest BCUT2D eigenvalue weighted by atomic mass is 35.5. The van der Waals surface area contributed by atoms with E-state index in [1.165, 1.54) is 0 Å². The minimum atomic E-state index is -2.63. The fraction of sp³-hybridized carbons (Fsp3) is 0.500. The van der Waals surface area contributed by atoms with Crippen molar-refractivity contribution < 1.29 is 8.78 Å². The van der Waals surface area contributed by atoms with Crippen LogP contribution >= 0.6 is 11.6 Å². The average molecular weight is 484 g/mol. The van der Waals surface area contributed by atoms with Gasteiger partial charge in [0.25, 0.3) is 5.92 Å². The molecule has 1 atom stereocenters. The summed E-state index contributed by atoms with van der Waals surface area (Å²) in [7, 11) is 0. The largest absolute Gasteiger partial charge is 0.340 e. The van der Waals surface area contributed by atoms with Crippen molar-refractivity contribution in [3.8, 4) is 5.69 Å². The molecule has 4 aliphatic rings. The van der Waals surface area contributed by atoms with Crippen molar-refractivity contribution in [2.75, 3.05) is 18.0 Å². The molecule has 1 saturated heterocycles. The van der Waals surface area contributed by atoms with E-state index in [2.05, 4.69) is 29.6 Å². The smallest absolute Gasteiger partial charge is 0.265 e. The van der Waals surface area contributed by atoms with Crippen LogP contribution in [0.3, 0.4) is 0 Å². The zero-order valence-corrected chi connectivity index (χ0v) is 19.5. The van der Waals surface area contributed by atoms with E-state index in [0.29, 0.717) is 24.0 Å². The van der Waals surface area contributed by atoms with Crippen LogP contribution in [-0.4, -0.2) is 54.7 Å². The van der Waals surface area contributed by atoms with Crippen LogP contribution < -0.4 is 4.90 Å². The number of aryl methyl sites for hydroxylation is 1. The second-order valence-electron chi connectivity index (χ2n) is 10.4. The fourth-order valence-corrected chi connectivity index (χ4v) is 6.24. The number of alkyl halides is 2. The molecule has 2 aromatic heterocycles. The van der Waals surface area contributed by atoms with E-state index in [4.69, 9.17) is 11.6 Å². The van der Waals surface area contributed by atoms with Gasteiger partial charge in [0, 0.05) is 54.3 Å². The van der Waals surface area contributed by atoms with Crippen molar-refractivity contribution in [2.24, 2.45) is 5.41 Å². The van der Waals surface area contributed by atoms with Crippen LogP contribution in [0, 0.1) is 12.3 Å². The first kappa shape index (κ1) is 20.7. The van der Waals surface area contributed by atoms with Crippen molar-refractivity contribution in [3.63, 3.8) is 0 Å². The summed E-state index contributed by atoms with van der Waals surface area (Å²) >= 11 is 6.29. The highest BCUT2D eigenvalue weighted by molar-refractivity contribution is 6.30. The number of hydrogen-bond donors (Lipinski definition) is 0. The number of halogens is 3. The Balaban J connectivity index is 1.15. The first-order valence-corrected chi connectivity index (χ1v) is 12.1. The molecule has 34 heavy (non-hydrogen) atoms. The van der Waals surface area contributed by atoms with Gasteiger partial charge in [-0.3, -0.25) is 9.47 Å². The molecule has 0 N–H and O–H groups in total. The van der Waals surface area contributed by atoms with Gasteiger partial charge in [0.2, 0.25) is 5.95 Å². The molecule has 2 aliphatic heterocycles. The molecular formula is C24H24ClF2N7. The molecule has 7 nitrogen and oxygen atoms in total. The molecule has 10 heteroatoms. The lowest BCUT2D eigenvalue weighted by atomic mass is 9.57. The van der Waals surface area contributed by atoms with E-state index in [0.717, 1.165) is 60.5 Å². The molecule has 4 heterocycles. The predicted molar refractivity (Wildman–Crippen MR) is 122 cm³/mol. The zero-order valence-electron chi connectivity index (χ0n) is 18.8. The third-order valence-corrected chi connectivity index (χ3v) is 8.07. The second kappa shape index (κ2) is 6.95. The molecule has 3 aromatic rings. The minimum absolute atomic E-state index is 0.101. The topological polar surface area (TPSA) is 63.0 Å². The predicted octanol–water partition coefficient (Wildman–Crippen LogP) is 4.13. The molecule has 2 saturated carbocycles. The van der Waals surface area contributed by atoms with Crippen LogP contribution in [0.2, 0.25) is 5.02 Å². The SMILES string of the molecule is Cc1ccnc(N2CC3(CC(c4nnc5n4-c4ccc(Cl)cc4CN(C4CC4(F)F)C5)C3)C2)n1. The molecule has 7 rings (SSSR count). The molecule has 0 bridgehead atoms. The summed E-state index contributed by atoms with van der Waals surface area (Å²) in [6, 6.07) is 6.87. The maximum atomic E-state index is 13.9. The Morgan fingerprint density at radius 2 is 1.85 bits per heavy atom. The normalized spacial score (nSPS) is 24.7. The van der Waals surface area contributed by atoms with Gasteiger partial charge in [-0.1, -0.05) is 11.6 Å². The average Bonchev–Trinajstić information content (AvgIpc) is 3.24. The highest BCUT2D eigenvalue weighted by Crippen LogP contribution is 2.56. The summed E-state index contributed by atoms with van der Waals surface area (Å²) in [5.41, 5.74) is 3.13. The lowest BCUT2D eigenvalue weighted by Crippen LogP contribution is -2.62. The van der Waals surface area contributed by atoms with Crippen LogP contribution in [0.5, 0.6) is 0 Å². The van der Waals surface area contributed by atoms with E-state index in [1.54, 1.807) is 0 Å². The summed E-state index contributed by atoms with van der Waals surface area (Å²) < 4.78 is 30.0. The van der Waals surface area contributed by atoms with Gasteiger partial charge in [-0.2, -0.15) is 0 Å². The summed E-state index contributed by atoms with van der Waals surface area (Å²) in [5.74, 6) is 0.114. The van der Waals surface area contributed by atoms with E-state index in [-0.39, 0.29) is 11.8 Å². The standard InChI is InChI=1S/C24H24ClF2N7/c1-14-4-5-28-22(29-14)33-12-23(13-33)7-16(8-23)21-31-30-20-11-32(19-9-24(19,26)27)10-15-6-17(25)2-3-18(15)34(20)21/h2-6,16,19H,7-13H2,1H3. The number of rotatable bonds is 3. The maximum Gasteiger partial charge on any atom is 0.265 e. The number of hydrogen-bond acceptors (Lipinski definition) is 6. The van der Waals surface area contributed by atoms with Crippen molar-refractivity contribution >= 4 is 17.5 Å². The highest BCUT2D eigenvalue weighted by Gasteiger charge is 2.60. The summed E-state index contributed by atoms with van der Waals surface area (Å²) in [6.07, 6.45) is 3.76. The Hall–Kier alpha value is -2.65. The van der Waals surface area contributed by atoms with Gasteiger partial charge in [0.05, 0.1) is 18.3 Å². The van der Waals surface area contributed by atoms with Crippen LogP contribution in [-0.2, 0) is 13.1 Å². The van der Waals surface area contributed by atoms with Gasteiger partial charge in [-0.05, 0) is 49.6 Å². The van der Waals surface area contributed by atoms with Crippen molar-refractivity contribution in [1.29, 1.82) is 0 Å². The minimum Gasteiger partial charge on any atom is -0.340 e. The van der Waals surface area contributed by atoms with Gasteiger partial charge in [-0.15, -0.1) is 10.2 Å². The van der Waals surface area contributed by atoms with Gasteiger partial charge >= 0.3 is 0 Å². The van der Waals surface area contributed by atoms with Crippen LogP contribution in [0.1, 0.15) is 48.1 Å². The first-order chi connectivity index (χ1) is 16.3. The Labute approximate surface area is 200 Å². The molecule has 1 unspecified atom stereocenters. The lowest BCUT2D eigenvalue weighted by molar-refractivity contribution is 0.0573. The summed E-state index contributed by atoms with van der Waals surface area (Å²) in [6.45, 7) is 4.66. The zero-order chi connectivity index (χ0) is 23.2. The van der Waals surface area contributed by atoms with Crippen molar-refractivity contribution in [3.05, 3.63) is 58.4 Å². The second-order valence-corrected chi connectivity index (χ2v) is 10.9. The van der Waals surface area contributed by atoms with Gasteiger partial charge in [0.1, 0.15) is 5.82 Å². The molecule has 1 spiro atoms. The van der Waals surface area contributed by atoms with Crippen molar-refractivity contribution in [1.82, 2.24) is 29.6 Å². The number of fused-ring (bicyclic) bond motifs is 3. The van der Waals surface area contributed by atoms with E-state index < -0.39 is 12.0 Å². The van der Waals surface area contributed by atoms with Gasteiger partial charge in [0.15, 0.2) is 5.82 Å². The van der Waals surface area contributed by atoms with Gasteiger partial charge in [-0.25, -0.2) is 18.7 Å². The Morgan fingerprint density at radius 1 is 1.06 bits per heavy atom. The number of aromatic nitrogens is 5. The molecular weight excluding hydrogens is 460 g/mol. The quantitative estimate of drug-likeness (QED) is 0.558. The van der Waals surface area contributed by atoms with E-state index >= 15 is 0 Å². The summed E-state index contributed by atoms with van der Waals surface area (Å²) in [4.78, 5) is 13.0. The van der Waals surface area contributed by atoms with Crippen LogP contribution in [0.15, 0.2) is 30.5 Å². The van der Waals surface area contributed by atoms with Crippen LogP contribution in [0.4, 0.5) is 14.7 Å². The lowest BCUT2D eigenvalue weighted by Gasteiger charge is -2.58. The molecule has 176 valence electrons. The number of benzene rings is 1. The Bertz CT molecular complexity index is 1290. The monoisotopic (exact) mass is 483 g/mol. The van der Waals surface area contributed by atoms with Gasteiger partial charge < -0.3 is 4.90 Å². The molecule has 1 aromatic carbocycles. The third kappa shape index (κ3) is 3.16. The molecule has 2 aliphatic carbocycles. The van der Waals surface area contributed by atoms with E-state index in [1.807, 2.05) is 42.3 Å². The van der Waals surface area contributed by atoms with Crippen molar-refractivity contribution in [2.45, 2.75) is 57.2 Å². The first-order valence-electron chi connectivity index (χ1n) is 11.7. The third-order valence-electron chi connectivity index (χ3n) is 7.83. The fourth-order valence-electron chi connectivity index (χ4n) is 6.05. The summed E-state index contributed by atoms with van der Waals surface area (Å²) in [5, 5.41) is 9.66.